The Hall–Kier alpha value is -1.12. The van der Waals surface area contributed by atoms with Gasteiger partial charge in [0.2, 0.25) is 0 Å². The number of anilines is 1. The molecule has 0 unspecified atom stereocenters. The van der Waals surface area contributed by atoms with Crippen LogP contribution in [0.5, 0.6) is 0 Å². The molecule has 4 aliphatic rings. The molecule has 102 valence electrons. The minimum Gasteiger partial charge on any atom is -0.384 e. The summed E-state index contributed by atoms with van der Waals surface area (Å²) >= 11 is 0. The van der Waals surface area contributed by atoms with E-state index >= 15 is 0 Å². The van der Waals surface area contributed by atoms with Gasteiger partial charge in [-0.05, 0) is 68.6 Å². The Morgan fingerprint density at radius 3 is 2.21 bits per heavy atom. The molecular formula is C16H23N3. The summed E-state index contributed by atoms with van der Waals surface area (Å²) in [6.45, 7) is 2.02. The van der Waals surface area contributed by atoms with Gasteiger partial charge in [0, 0.05) is 18.2 Å². The predicted molar refractivity (Wildman–Crippen MR) is 75.5 cm³/mol. The Kier molecular flexibility index (Phi) is 2.42. The third-order valence-corrected chi connectivity index (χ3v) is 5.62. The summed E-state index contributed by atoms with van der Waals surface area (Å²) < 4.78 is 0. The van der Waals surface area contributed by atoms with Crippen LogP contribution in [0.4, 0.5) is 5.82 Å². The summed E-state index contributed by atoms with van der Waals surface area (Å²) in [6, 6.07) is 1.86. The van der Waals surface area contributed by atoms with Crippen LogP contribution in [0.25, 0.3) is 0 Å². The summed E-state index contributed by atoms with van der Waals surface area (Å²) in [5.74, 6) is 4.60. The molecular weight excluding hydrogens is 234 g/mol. The summed E-state index contributed by atoms with van der Waals surface area (Å²) in [7, 11) is 0. The molecule has 0 saturated heterocycles. The summed E-state index contributed by atoms with van der Waals surface area (Å²) in [6.07, 6.45) is 9.78. The first-order valence-corrected chi connectivity index (χ1v) is 7.70. The van der Waals surface area contributed by atoms with Crippen molar-refractivity contribution in [3.05, 3.63) is 17.6 Å². The lowest BCUT2D eigenvalue weighted by Crippen LogP contribution is -2.47. The Bertz CT molecular complexity index is 453. The van der Waals surface area contributed by atoms with Crippen LogP contribution in [-0.4, -0.2) is 9.97 Å². The fraction of sp³-hybridized carbons (Fsp3) is 0.750. The van der Waals surface area contributed by atoms with Crippen molar-refractivity contribution in [1.82, 2.24) is 9.97 Å². The summed E-state index contributed by atoms with van der Waals surface area (Å²) in [5, 5.41) is 0. The minimum atomic E-state index is 0.509. The van der Waals surface area contributed by atoms with Gasteiger partial charge in [-0.15, -0.1) is 0 Å². The Morgan fingerprint density at radius 1 is 1.11 bits per heavy atom. The highest BCUT2D eigenvalue weighted by Gasteiger charge is 2.50. The van der Waals surface area contributed by atoms with Gasteiger partial charge in [-0.25, -0.2) is 9.97 Å². The molecule has 0 aliphatic heterocycles. The van der Waals surface area contributed by atoms with Crippen molar-refractivity contribution in [3.63, 3.8) is 0 Å². The van der Waals surface area contributed by atoms with E-state index in [4.69, 9.17) is 5.73 Å². The molecule has 0 spiro atoms. The van der Waals surface area contributed by atoms with E-state index in [0.717, 1.165) is 35.7 Å². The molecule has 3 heteroatoms. The average molecular weight is 257 g/mol. The molecule has 3 nitrogen and oxygen atoms in total. The Balaban J connectivity index is 1.62. The highest BCUT2D eigenvalue weighted by molar-refractivity contribution is 5.29. The van der Waals surface area contributed by atoms with Crippen LogP contribution in [-0.2, 0) is 6.42 Å². The summed E-state index contributed by atoms with van der Waals surface area (Å²) in [4.78, 5) is 9.10. The zero-order chi connectivity index (χ0) is 13.0. The van der Waals surface area contributed by atoms with Crippen molar-refractivity contribution in [1.29, 1.82) is 0 Å². The van der Waals surface area contributed by atoms with Crippen molar-refractivity contribution < 1.29 is 0 Å². The van der Waals surface area contributed by atoms with Crippen molar-refractivity contribution >= 4 is 5.82 Å². The van der Waals surface area contributed by atoms with Gasteiger partial charge >= 0.3 is 0 Å². The lowest BCUT2D eigenvalue weighted by Gasteiger charge is -2.56. The van der Waals surface area contributed by atoms with Crippen LogP contribution in [0.2, 0.25) is 0 Å². The Labute approximate surface area is 115 Å². The molecule has 0 atom stereocenters. The van der Waals surface area contributed by atoms with Gasteiger partial charge in [0.1, 0.15) is 11.6 Å². The van der Waals surface area contributed by atoms with Crippen molar-refractivity contribution in [3.8, 4) is 0 Å². The predicted octanol–water partition coefficient (Wildman–Crippen LogP) is 3.13. The van der Waals surface area contributed by atoms with E-state index in [1.807, 2.05) is 13.0 Å². The lowest BCUT2D eigenvalue weighted by atomic mass is 9.49. The molecule has 1 aromatic rings. The van der Waals surface area contributed by atoms with Crippen LogP contribution in [0.3, 0.4) is 0 Å². The van der Waals surface area contributed by atoms with Crippen molar-refractivity contribution in [2.45, 2.75) is 51.9 Å². The number of hydrogen-bond acceptors (Lipinski definition) is 3. The topological polar surface area (TPSA) is 51.8 Å². The van der Waals surface area contributed by atoms with Gasteiger partial charge < -0.3 is 5.73 Å². The molecule has 1 aromatic heterocycles. The number of hydrogen-bond donors (Lipinski definition) is 1. The van der Waals surface area contributed by atoms with Crippen LogP contribution in [0, 0.1) is 30.1 Å². The summed E-state index contributed by atoms with van der Waals surface area (Å²) in [5.41, 5.74) is 7.39. The molecule has 0 amide bonds. The van der Waals surface area contributed by atoms with Gasteiger partial charge in [0.05, 0.1) is 0 Å². The van der Waals surface area contributed by atoms with Crippen LogP contribution < -0.4 is 5.73 Å². The fourth-order valence-corrected chi connectivity index (χ4v) is 5.58. The van der Waals surface area contributed by atoms with Crippen molar-refractivity contribution in [2.24, 2.45) is 23.2 Å². The largest absolute Gasteiger partial charge is 0.384 e. The van der Waals surface area contributed by atoms with Gasteiger partial charge in [0.25, 0.3) is 0 Å². The zero-order valence-corrected chi connectivity index (χ0v) is 11.7. The third kappa shape index (κ3) is 2.03. The molecule has 5 rings (SSSR count). The van der Waals surface area contributed by atoms with E-state index in [1.165, 1.54) is 38.5 Å². The smallest absolute Gasteiger partial charge is 0.131 e. The highest BCUT2D eigenvalue weighted by atomic mass is 14.9. The number of aromatic nitrogens is 2. The van der Waals surface area contributed by atoms with Crippen LogP contribution in [0.15, 0.2) is 6.07 Å². The number of rotatable bonds is 2. The lowest BCUT2D eigenvalue weighted by molar-refractivity contribution is -0.0531. The number of nitrogen functional groups attached to an aromatic ring is 1. The highest BCUT2D eigenvalue weighted by Crippen LogP contribution is 2.60. The zero-order valence-electron chi connectivity index (χ0n) is 11.7. The van der Waals surface area contributed by atoms with E-state index in [2.05, 4.69) is 9.97 Å². The molecule has 4 bridgehead atoms. The second kappa shape index (κ2) is 3.94. The number of nitrogens with two attached hydrogens (primary N) is 1. The van der Waals surface area contributed by atoms with Gasteiger partial charge in [-0.1, -0.05) is 0 Å². The maximum Gasteiger partial charge on any atom is 0.131 e. The van der Waals surface area contributed by atoms with E-state index < -0.39 is 0 Å². The average Bonchev–Trinajstić information content (AvgIpc) is 2.23. The van der Waals surface area contributed by atoms with E-state index in [-0.39, 0.29) is 0 Å². The Morgan fingerprint density at radius 2 is 1.68 bits per heavy atom. The molecule has 2 N–H and O–H groups in total. The molecule has 1 heterocycles. The second-order valence-electron chi connectivity index (χ2n) is 7.44. The monoisotopic (exact) mass is 257 g/mol. The van der Waals surface area contributed by atoms with Crippen LogP contribution in [0.1, 0.15) is 50.0 Å². The maximum absolute atomic E-state index is 5.88. The van der Waals surface area contributed by atoms with Gasteiger partial charge in [-0.2, -0.15) is 0 Å². The number of nitrogens with zero attached hydrogens (tertiary/aromatic N) is 2. The third-order valence-electron chi connectivity index (χ3n) is 5.62. The molecule has 0 radical (unpaired) electrons. The van der Waals surface area contributed by atoms with Crippen molar-refractivity contribution in [2.75, 3.05) is 5.73 Å². The van der Waals surface area contributed by atoms with E-state index in [1.54, 1.807) is 0 Å². The normalized spacial score (nSPS) is 39.7. The SMILES string of the molecule is Cc1cc(N)nc(CC23CC4CC(CC(C4)C2)C3)n1. The molecule has 4 fully saturated rings. The maximum atomic E-state index is 5.88. The second-order valence-corrected chi connectivity index (χ2v) is 7.44. The van der Waals surface area contributed by atoms with E-state index in [9.17, 15) is 0 Å². The van der Waals surface area contributed by atoms with Gasteiger partial charge in [-0.3, -0.25) is 0 Å². The fourth-order valence-electron chi connectivity index (χ4n) is 5.58. The first-order valence-electron chi connectivity index (χ1n) is 7.70. The minimum absolute atomic E-state index is 0.509. The van der Waals surface area contributed by atoms with Crippen LogP contribution >= 0.6 is 0 Å². The van der Waals surface area contributed by atoms with Gasteiger partial charge in [0.15, 0.2) is 0 Å². The quantitative estimate of drug-likeness (QED) is 0.885. The first kappa shape index (κ1) is 11.7. The number of aryl methyl sites for hydroxylation is 1. The first-order chi connectivity index (χ1) is 9.10. The molecule has 4 aliphatic carbocycles. The van der Waals surface area contributed by atoms with E-state index in [0.29, 0.717) is 11.2 Å². The molecule has 19 heavy (non-hydrogen) atoms. The molecule has 4 saturated carbocycles. The standard InChI is InChI=1S/C16H23N3/c1-10-2-14(17)19-15(18-10)9-16-6-11-3-12(7-16)5-13(4-11)8-16/h2,11-13H,3-9H2,1H3,(H2,17,18,19). The molecule has 0 aromatic carbocycles.